The lowest BCUT2D eigenvalue weighted by Crippen LogP contribution is -2.59. The van der Waals surface area contributed by atoms with Crippen LogP contribution in [0.1, 0.15) is 33.3 Å². The molecule has 3 heterocycles. The van der Waals surface area contributed by atoms with Crippen LogP contribution >= 0.6 is 0 Å². The largest absolute Gasteiger partial charge is 0.508 e. The first-order chi connectivity index (χ1) is 20.8. The molecule has 0 spiro atoms. The number of anilines is 4. The Kier molecular flexibility index (Phi) is 7.12. The number of amides is 2. The van der Waals surface area contributed by atoms with Crippen molar-refractivity contribution >= 4 is 34.8 Å². The molecule has 43 heavy (non-hydrogen) atoms. The van der Waals surface area contributed by atoms with Crippen LogP contribution in [0.15, 0.2) is 97.5 Å². The van der Waals surface area contributed by atoms with Crippen molar-refractivity contribution in [1.82, 2.24) is 14.6 Å². The van der Waals surface area contributed by atoms with E-state index in [-0.39, 0.29) is 29.4 Å². The topological polar surface area (TPSA) is 150 Å². The number of carbonyl (C=O) groups excluding carboxylic acids is 2. The maximum atomic E-state index is 13.8. The normalized spacial score (nSPS) is 14.9. The summed E-state index contributed by atoms with van der Waals surface area (Å²) in [5.74, 6) is 0.244. The van der Waals surface area contributed by atoms with Gasteiger partial charge < -0.3 is 26.9 Å². The molecule has 0 saturated carbocycles. The monoisotopic (exact) mass is 574 g/mol. The van der Waals surface area contributed by atoms with Gasteiger partial charge in [-0.3, -0.25) is 19.2 Å². The van der Waals surface area contributed by atoms with Crippen LogP contribution in [0.5, 0.6) is 5.75 Å². The molecule has 216 valence electrons. The molecule has 2 amide bonds. The third-order valence-corrected chi connectivity index (χ3v) is 7.33. The molecule has 11 heteroatoms. The Morgan fingerprint density at radius 2 is 1.81 bits per heavy atom. The Morgan fingerprint density at radius 3 is 2.60 bits per heavy atom. The molecule has 6 N–H and O–H groups in total. The molecule has 1 aliphatic rings. The van der Waals surface area contributed by atoms with E-state index in [1.165, 1.54) is 18.5 Å². The van der Waals surface area contributed by atoms with E-state index in [1.807, 2.05) is 62.5 Å². The fraction of sp³-hybridized carbons (Fsp3) is 0.125. The van der Waals surface area contributed by atoms with Crippen molar-refractivity contribution in [2.24, 2.45) is 0 Å². The second-order valence-corrected chi connectivity index (χ2v) is 10.3. The standard InChI is InChI=1S/C32H30N8O3/c1-19-14-15-39-27(19)32(43)40(24-11-4-3-5-12-24)30(38-39)20(2)36-29-26(28(33)34-18-35-29)21-8-6-9-22(16-21)31(42)37-23-10-7-13-25(41)17-23/h3-18,20,30,38,41H,1-2H3,(H,37,42)(H3,33,34,35,36)/t20-,30?/m0/s1. The number of carbonyl (C=O) groups is 2. The van der Waals surface area contributed by atoms with Gasteiger partial charge in [0.1, 0.15) is 35.6 Å². The minimum absolute atomic E-state index is 0.0497. The predicted molar refractivity (Wildman–Crippen MR) is 167 cm³/mol. The molecular weight excluding hydrogens is 544 g/mol. The van der Waals surface area contributed by atoms with Crippen molar-refractivity contribution in [3.63, 3.8) is 0 Å². The van der Waals surface area contributed by atoms with Gasteiger partial charge in [-0.2, -0.15) is 0 Å². The van der Waals surface area contributed by atoms with E-state index < -0.39 is 6.17 Å². The number of nitrogens with two attached hydrogens (primary N) is 1. The number of nitrogens with zero attached hydrogens (tertiary/aromatic N) is 4. The van der Waals surface area contributed by atoms with E-state index in [9.17, 15) is 14.7 Å². The summed E-state index contributed by atoms with van der Waals surface area (Å²) in [5, 5.41) is 16.0. The number of hydrogen-bond acceptors (Lipinski definition) is 8. The average molecular weight is 575 g/mol. The van der Waals surface area contributed by atoms with Gasteiger partial charge in [0, 0.05) is 29.2 Å². The van der Waals surface area contributed by atoms with Crippen LogP contribution < -0.4 is 26.7 Å². The van der Waals surface area contributed by atoms with Crippen LogP contribution in [0.3, 0.4) is 0 Å². The SMILES string of the molecule is Cc1ccn2c1C(=O)N(c1ccccc1)C([C@H](C)Nc1ncnc(N)c1-c1cccc(C(=O)Nc3cccc(O)c3)c1)N2. The van der Waals surface area contributed by atoms with Gasteiger partial charge in [-0.05, 0) is 67.4 Å². The molecule has 2 aromatic heterocycles. The summed E-state index contributed by atoms with van der Waals surface area (Å²) in [4.78, 5) is 37.3. The molecule has 0 fully saturated rings. The van der Waals surface area contributed by atoms with Crippen molar-refractivity contribution in [2.75, 3.05) is 26.7 Å². The Bertz CT molecular complexity index is 1820. The smallest absolute Gasteiger partial charge is 0.278 e. The Labute approximate surface area is 248 Å². The highest BCUT2D eigenvalue weighted by molar-refractivity contribution is 6.08. The van der Waals surface area contributed by atoms with E-state index in [0.717, 1.165) is 11.3 Å². The number of aromatic hydroxyl groups is 1. The molecule has 0 bridgehead atoms. The average Bonchev–Trinajstić information content (AvgIpc) is 3.38. The van der Waals surface area contributed by atoms with Crippen LogP contribution in [-0.2, 0) is 0 Å². The third-order valence-electron chi connectivity index (χ3n) is 7.33. The number of nitrogen functional groups attached to an aromatic ring is 1. The minimum atomic E-state index is -0.502. The fourth-order valence-electron chi connectivity index (χ4n) is 5.24. The summed E-state index contributed by atoms with van der Waals surface area (Å²) < 4.78 is 1.75. The lowest BCUT2D eigenvalue weighted by atomic mass is 10.0. The van der Waals surface area contributed by atoms with Gasteiger partial charge in [0.25, 0.3) is 11.8 Å². The zero-order chi connectivity index (χ0) is 30.1. The molecular formula is C32H30N8O3. The Balaban J connectivity index is 1.32. The van der Waals surface area contributed by atoms with Crippen LogP contribution in [0.4, 0.5) is 23.0 Å². The predicted octanol–water partition coefficient (Wildman–Crippen LogP) is 4.82. The van der Waals surface area contributed by atoms with Gasteiger partial charge in [-0.1, -0.05) is 36.4 Å². The van der Waals surface area contributed by atoms with Gasteiger partial charge in [0.05, 0.1) is 11.6 Å². The lowest BCUT2D eigenvalue weighted by molar-refractivity contribution is 0.0953. The molecule has 0 saturated heterocycles. The molecule has 0 aliphatic carbocycles. The molecule has 3 aromatic carbocycles. The maximum Gasteiger partial charge on any atom is 0.278 e. The van der Waals surface area contributed by atoms with Crippen LogP contribution in [0.2, 0.25) is 0 Å². The van der Waals surface area contributed by atoms with Gasteiger partial charge >= 0.3 is 0 Å². The van der Waals surface area contributed by atoms with Gasteiger partial charge in [0.15, 0.2) is 0 Å². The van der Waals surface area contributed by atoms with Crippen LogP contribution in [0.25, 0.3) is 11.1 Å². The van der Waals surface area contributed by atoms with E-state index >= 15 is 0 Å². The number of nitrogens with one attached hydrogen (secondary N) is 3. The number of rotatable bonds is 7. The zero-order valence-electron chi connectivity index (χ0n) is 23.5. The molecule has 0 radical (unpaired) electrons. The second-order valence-electron chi connectivity index (χ2n) is 10.3. The highest BCUT2D eigenvalue weighted by Crippen LogP contribution is 2.33. The molecule has 2 atom stereocenters. The molecule has 1 aliphatic heterocycles. The lowest BCUT2D eigenvalue weighted by Gasteiger charge is -2.41. The Morgan fingerprint density at radius 1 is 1.02 bits per heavy atom. The minimum Gasteiger partial charge on any atom is -0.508 e. The number of hydrogen-bond donors (Lipinski definition) is 5. The first-order valence-corrected chi connectivity index (χ1v) is 13.7. The van der Waals surface area contributed by atoms with Gasteiger partial charge in [0.2, 0.25) is 0 Å². The zero-order valence-corrected chi connectivity index (χ0v) is 23.5. The summed E-state index contributed by atoms with van der Waals surface area (Å²) in [7, 11) is 0. The number of aromatic nitrogens is 3. The van der Waals surface area contributed by atoms with Crippen molar-refractivity contribution in [2.45, 2.75) is 26.1 Å². The maximum absolute atomic E-state index is 13.8. The number of phenols is 1. The molecule has 5 aromatic rings. The summed E-state index contributed by atoms with van der Waals surface area (Å²) in [5.41, 5.74) is 14.0. The summed E-state index contributed by atoms with van der Waals surface area (Å²) in [6, 6.07) is 24.3. The van der Waals surface area contributed by atoms with Gasteiger partial charge in [-0.25, -0.2) is 9.97 Å². The Hall–Kier alpha value is -5.84. The first-order valence-electron chi connectivity index (χ1n) is 13.7. The fourth-order valence-corrected chi connectivity index (χ4v) is 5.24. The molecule has 11 nitrogen and oxygen atoms in total. The third kappa shape index (κ3) is 5.31. The highest BCUT2D eigenvalue weighted by Gasteiger charge is 2.37. The van der Waals surface area contributed by atoms with E-state index in [1.54, 1.807) is 39.9 Å². The van der Waals surface area contributed by atoms with Crippen molar-refractivity contribution in [1.29, 1.82) is 0 Å². The van der Waals surface area contributed by atoms with E-state index in [4.69, 9.17) is 5.73 Å². The molecule has 6 rings (SSSR count). The number of phenolic OH excluding ortho intramolecular Hbond substituents is 1. The van der Waals surface area contributed by atoms with E-state index in [2.05, 4.69) is 26.0 Å². The van der Waals surface area contributed by atoms with Gasteiger partial charge in [-0.15, -0.1) is 0 Å². The van der Waals surface area contributed by atoms with Crippen LogP contribution in [0, 0.1) is 6.92 Å². The number of fused-ring (bicyclic) bond motifs is 1. The number of para-hydroxylation sites is 1. The summed E-state index contributed by atoms with van der Waals surface area (Å²) >= 11 is 0. The molecule has 1 unspecified atom stereocenters. The summed E-state index contributed by atoms with van der Waals surface area (Å²) in [6.07, 6.45) is 2.71. The number of benzene rings is 3. The van der Waals surface area contributed by atoms with Crippen molar-refractivity contribution in [3.05, 3.63) is 114 Å². The van der Waals surface area contributed by atoms with Crippen molar-refractivity contribution < 1.29 is 14.7 Å². The van der Waals surface area contributed by atoms with Crippen molar-refractivity contribution in [3.8, 4) is 16.9 Å². The van der Waals surface area contributed by atoms with E-state index in [0.29, 0.717) is 33.9 Å². The van der Waals surface area contributed by atoms with Crippen LogP contribution in [-0.4, -0.2) is 43.8 Å². The summed E-state index contributed by atoms with van der Waals surface area (Å²) in [6.45, 7) is 3.86. The second kappa shape index (κ2) is 11.2. The quantitative estimate of drug-likeness (QED) is 0.186. The number of aryl methyl sites for hydroxylation is 1. The highest BCUT2D eigenvalue weighted by atomic mass is 16.3. The first kappa shape index (κ1) is 27.3.